The summed E-state index contributed by atoms with van der Waals surface area (Å²) in [5.41, 5.74) is 1.11. The average Bonchev–Trinajstić information content (AvgIpc) is 2.89. The second kappa shape index (κ2) is 6.91. The third-order valence-corrected chi connectivity index (χ3v) is 4.10. The molecule has 21 heavy (non-hydrogen) atoms. The minimum absolute atomic E-state index is 0.00890. The predicted molar refractivity (Wildman–Crippen MR) is 81.0 cm³/mol. The predicted octanol–water partition coefficient (Wildman–Crippen LogP) is 0.824. The van der Waals surface area contributed by atoms with Crippen molar-refractivity contribution < 1.29 is 14.6 Å². The smallest absolute Gasteiger partial charge is 0.226 e. The lowest BCUT2D eigenvalue weighted by Crippen LogP contribution is -2.35. The maximum absolute atomic E-state index is 12.2. The Labute approximate surface area is 126 Å². The van der Waals surface area contributed by atoms with Crippen molar-refractivity contribution >= 4 is 5.91 Å². The van der Waals surface area contributed by atoms with Crippen LogP contribution in [0.25, 0.3) is 0 Å². The molecule has 1 aliphatic rings. The number of aliphatic hydroxyl groups excluding tert-OH is 1. The fourth-order valence-electron chi connectivity index (χ4n) is 2.96. The number of rotatable bonds is 5. The standard InChI is InChI=1S/C16H24N2O3/c1-17(2)16(20)14-10-18(9-13(14)11-19)8-12-6-4-5-7-15(12)21-3/h4-7,13-14,19H,8-11H2,1-3H3/t13-,14+/m0/s1. The number of carbonyl (C=O) groups is 1. The van der Waals surface area contributed by atoms with Crippen LogP contribution < -0.4 is 4.74 Å². The van der Waals surface area contributed by atoms with Gasteiger partial charge in [-0.3, -0.25) is 9.69 Å². The van der Waals surface area contributed by atoms with Gasteiger partial charge in [0.1, 0.15) is 5.75 Å². The summed E-state index contributed by atoms with van der Waals surface area (Å²) in [6, 6.07) is 7.91. The SMILES string of the molecule is COc1ccccc1CN1C[C@@H](CO)[C@H](C(=O)N(C)C)C1. The number of para-hydroxylation sites is 1. The molecule has 0 aliphatic carbocycles. The lowest BCUT2D eigenvalue weighted by molar-refractivity contribution is -0.134. The number of amides is 1. The van der Waals surface area contributed by atoms with E-state index in [9.17, 15) is 9.90 Å². The highest BCUT2D eigenvalue weighted by atomic mass is 16.5. The van der Waals surface area contributed by atoms with Crippen LogP contribution in [0.4, 0.5) is 0 Å². The van der Waals surface area contributed by atoms with Crippen molar-refractivity contribution in [1.82, 2.24) is 9.80 Å². The monoisotopic (exact) mass is 292 g/mol. The van der Waals surface area contributed by atoms with Crippen LogP contribution in [0.2, 0.25) is 0 Å². The number of methoxy groups -OCH3 is 1. The van der Waals surface area contributed by atoms with E-state index in [-0.39, 0.29) is 24.3 Å². The molecule has 116 valence electrons. The van der Waals surface area contributed by atoms with Crippen LogP contribution in [0.3, 0.4) is 0 Å². The zero-order valence-electron chi connectivity index (χ0n) is 13.0. The Kier molecular flexibility index (Phi) is 5.20. The Morgan fingerprint density at radius 1 is 1.38 bits per heavy atom. The topological polar surface area (TPSA) is 53.0 Å². The number of aliphatic hydroxyl groups is 1. The van der Waals surface area contributed by atoms with E-state index < -0.39 is 0 Å². The molecule has 0 saturated carbocycles. The van der Waals surface area contributed by atoms with Crippen molar-refractivity contribution in [2.75, 3.05) is 40.9 Å². The van der Waals surface area contributed by atoms with Gasteiger partial charge in [0.25, 0.3) is 0 Å². The van der Waals surface area contributed by atoms with Gasteiger partial charge >= 0.3 is 0 Å². The van der Waals surface area contributed by atoms with E-state index in [0.717, 1.165) is 24.4 Å². The molecular weight excluding hydrogens is 268 g/mol. The molecule has 0 aromatic heterocycles. The van der Waals surface area contributed by atoms with Gasteiger partial charge in [0, 0.05) is 51.8 Å². The molecule has 5 heteroatoms. The summed E-state index contributed by atoms with van der Waals surface area (Å²) in [6.07, 6.45) is 0. The molecule has 1 N–H and O–H groups in total. The normalized spacial score (nSPS) is 22.3. The Balaban J connectivity index is 2.07. The number of carbonyl (C=O) groups excluding carboxylic acids is 1. The van der Waals surface area contributed by atoms with E-state index in [1.54, 1.807) is 26.1 Å². The second-order valence-corrected chi connectivity index (χ2v) is 5.79. The number of ether oxygens (including phenoxy) is 1. The first-order valence-corrected chi connectivity index (χ1v) is 7.23. The zero-order valence-corrected chi connectivity index (χ0v) is 13.0. The minimum atomic E-state index is -0.125. The molecule has 2 rings (SSSR count). The van der Waals surface area contributed by atoms with Crippen LogP contribution >= 0.6 is 0 Å². The van der Waals surface area contributed by atoms with Crippen molar-refractivity contribution in [3.05, 3.63) is 29.8 Å². The number of hydrogen-bond donors (Lipinski definition) is 1. The van der Waals surface area contributed by atoms with Crippen molar-refractivity contribution in [1.29, 1.82) is 0 Å². The molecule has 1 heterocycles. The van der Waals surface area contributed by atoms with Crippen molar-refractivity contribution in [3.8, 4) is 5.75 Å². The van der Waals surface area contributed by atoms with Crippen molar-refractivity contribution in [3.63, 3.8) is 0 Å². The Hall–Kier alpha value is -1.59. The zero-order chi connectivity index (χ0) is 15.4. The maximum atomic E-state index is 12.2. The molecule has 1 saturated heterocycles. The largest absolute Gasteiger partial charge is 0.496 e. The molecule has 1 aromatic carbocycles. The fourth-order valence-corrected chi connectivity index (χ4v) is 2.96. The number of nitrogens with zero attached hydrogens (tertiary/aromatic N) is 2. The fraction of sp³-hybridized carbons (Fsp3) is 0.562. The van der Waals surface area contributed by atoms with Gasteiger partial charge < -0.3 is 14.7 Å². The summed E-state index contributed by atoms with van der Waals surface area (Å²) in [4.78, 5) is 16.0. The third kappa shape index (κ3) is 3.54. The molecule has 1 fully saturated rings. The van der Waals surface area contributed by atoms with Gasteiger partial charge in [-0.1, -0.05) is 18.2 Å². The van der Waals surface area contributed by atoms with Gasteiger partial charge in [-0.2, -0.15) is 0 Å². The second-order valence-electron chi connectivity index (χ2n) is 5.79. The molecule has 2 atom stereocenters. The van der Waals surface area contributed by atoms with Gasteiger partial charge in [0.2, 0.25) is 5.91 Å². The molecule has 1 aromatic rings. The summed E-state index contributed by atoms with van der Waals surface area (Å²) in [7, 11) is 5.19. The highest BCUT2D eigenvalue weighted by Gasteiger charge is 2.37. The van der Waals surface area contributed by atoms with Gasteiger partial charge in [0.15, 0.2) is 0 Å². The van der Waals surface area contributed by atoms with Gasteiger partial charge in [-0.25, -0.2) is 0 Å². The average molecular weight is 292 g/mol. The number of likely N-dealkylation sites (tertiary alicyclic amines) is 1. The van der Waals surface area contributed by atoms with E-state index in [2.05, 4.69) is 4.90 Å². The molecule has 0 radical (unpaired) electrons. The van der Waals surface area contributed by atoms with E-state index >= 15 is 0 Å². The third-order valence-electron chi connectivity index (χ3n) is 4.10. The number of hydrogen-bond acceptors (Lipinski definition) is 4. The van der Waals surface area contributed by atoms with Crippen LogP contribution in [0.15, 0.2) is 24.3 Å². The summed E-state index contributed by atoms with van der Waals surface area (Å²) in [6.45, 7) is 2.20. The summed E-state index contributed by atoms with van der Waals surface area (Å²) < 4.78 is 5.37. The van der Waals surface area contributed by atoms with Gasteiger partial charge in [-0.15, -0.1) is 0 Å². The van der Waals surface area contributed by atoms with Crippen LogP contribution in [0.1, 0.15) is 5.56 Å². The Bertz CT molecular complexity index is 490. The molecule has 0 bridgehead atoms. The Morgan fingerprint density at radius 2 is 2.10 bits per heavy atom. The van der Waals surface area contributed by atoms with E-state index in [1.807, 2.05) is 24.3 Å². The quantitative estimate of drug-likeness (QED) is 0.873. The molecule has 0 spiro atoms. The van der Waals surface area contributed by atoms with E-state index in [1.165, 1.54) is 0 Å². The van der Waals surface area contributed by atoms with E-state index in [0.29, 0.717) is 6.54 Å². The lowest BCUT2D eigenvalue weighted by Gasteiger charge is -2.20. The molecule has 5 nitrogen and oxygen atoms in total. The summed E-state index contributed by atoms with van der Waals surface area (Å²) in [5, 5.41) is 9.53. The van der Waals surface area contributed by atoms with Crippen molar-refractivity contribution in [2.45, 2.75) is 6.54 Å². The maximum Gasteiger partial charge on any atom is 0.226 e. The summed E-state index contributed by atoms with van der Waals surface area (Å²) >= 11 is 0. The van der Waals surface area contributed by atoms with Crippen LogP contribution in [-0.4, -0.2) is 61.7 Å². The van der Waals surface area contributed by atoms with Gasteiger partial charge in [0.05, 0.1) is 13.0 Å². The molecular formula is C16H24N2O3. The number of benzene rings is 1. The highest BCUT2D eigenvalue weighted by molar-refractivity contribution is 5.79. The molecule has 0 unspecified atom stereocenters. The first-order chi connectivity index (χ1) is 10.1. The van der Waals surface area contributed by atoms with Crippen LogP contribution in [0.5, 0.6) is 5.75 Å². The molecule has 1 aliphatic heterocycles. The minimum Gasteiger partial charge on any atom is -0.496 e. The lowest BCUT2D eigenvalue weighted by atomic mass is 9.96. The van der Waals surface area contributed by atoms with Crippen LogP contribution in [-0.2, 0) is 11.3 Å². The van der Waals surface area contributed by atoms with Crippen LogP contribution in [0, 0.1) is 11.8 Å². The van der Waals surface area contributed by atoms with Gasteiger partial charge in [-0.05, 0) is 6.07 Å². The van der Waals surface area contributed by atoms with Crippen molar-refractivity contribution in [2.24, 2.45) is 11.8 Å². The highest BCUT2D eigenvalue weighted by Crippen LogP contribution is 2.28. The first-order valence-electron chi connectivity index (χ1n) is 7.23. The summed E-state index contributed by atoms with van der Waals surface area (Å²) in [5.74, 6) is 0.839. The van der Waals surface area contributed by atoms with E-state index in [4.69, 9.17) is 4.74 Å². The first kappa shape index (κ1) is 15.8. The Morgan fingerprint density at radius 3 is 2.71 bits per heavy atom. The molecule has 1 amide bonds.